The largest absolute Gasteiger partial charge is 0.417 e. The van der Waals surface area contributed by atoms with Gasteiger partial charge < -0.3 is 9.47 Å². The smallest absolute Gasteiger partial charge is 0.341 e. The molecule has 0 aliphatic carbocycles. The van der Waals surface area contributed by atoms with E-state index in [9.17, 15) is 9.59 Å². The Bertz CT molecular complexity index is 1230. The van der Waals surface area contributed by atoms with Crippen LogP contribution in [0.15, 0.2) is 91.0 Å². The Morgan fingerprint density at radius 3 is 1.94 bits per heavy atom. The van der Waals surface area contributed by atoms with Gasteiger partial charge in [0.15, 0.2) is 0 Å². The summed E-state index contributed by atoms with van der Waals surface area (Å²) >= 11 is 12.0. The van der Waals surface area contributed by atoms with Crippen LogP contribution in [0.5, 0.6) is 0 Å². The summed E-state index contributed by atoms with van der Waals surface area (Å²) in [6, 6.07) is 25.9. The van der Waals surface area contributed by atoms with E-state index in [2.05, 4.69) is 0 Å². The fourth-order valence-electron chi connectivity index (χ4n) is 3.18. The van der Waals surface area contributed by atoms with Crippen LogP contribution in [0.1, 0.15) is 32.6 Å². The molecule has 0 fully saturated rings. The molecule has 0 spiro atoms. The quantitative estimate of drug-likeness (QED) is 0.246. The standard InChI is InChI=1S/C25H16Cl2O4/c26-19-13-18(14-20(27)15-19)24(29)31-25(30-23(28)17-8-2-1-3-9-17)22-12-6-10-16-7-4-5-11-21(16)22/h1-15,25H/t25-/m1/s1. The minimum Gasteiger partial charge on any atom is -0.417 e. The van der Waals surface area contributed by atoms with Crippen LogP contribution in [-0.2, 0) is 9.47 Å². The van der Waals surface area contributed by atoms with Gasteiger partial charge in [0.05, 0.1) is 11.1 Å². The second kappa shape index (κ2) is 9.21. The molecular weight excluding hydrogens is 435 g/mol. The highest BCUT2D eigenvalue weighted by Gasteiger charge is 2.25. The van der Waals surface area contributed by atoms with Crippen molar-refractivity contribution in [2.45, 2.75) is 6.29 Å². The van der Waals surface area contributed by atoms with Crippen LogP contribution in [0.3, 0.4) is 0 Å². The Kier molecular flexibility index (Phi) is 6.21. The lowest BCUT2D eigenvalue weighted by Crippen LogP contribution is -2.19. The van der Waals surface area contributed by atoms with Crippen molar-refractivity contribution in [3.05, 3.63) is 118 Å². The number of carbonyl (C=O) groups excluding carboxylic acids is 2. The van der Waals surface area contributed by atoms with Gasteiger partial charge in [0, 0.05) is 15.6 Å². The zero-order valence-electron chi connectivity index (χ0n) is 16.1. The zero-order chi connectivity index (χ0) is 21.8. The summed E-state index contributed by atoms with van der Waals surface area (Å²) in [4.78, 5) is 25.6. The van der Waals surface area contributed by atoms with Gasteiger partial charge in [-0.25, -0.2) is 9.59 Å². The number of rotatable bonds is 5. The van der Waals surface area contributed by atoms with Gasteiger partial charge in [0.1, 0.15) is 0 Å². The zero-order valence-corrected chi connectivity index (χ0v) is 17.6. The molecule has 4 aromatic carbocycles. The number of hydrogen-bond acceptors (Lipinski definition) is 4. The van der Waals surface area contributed by atoms with Gasteiger partial charge in [-0.05, 0) is 41.1 Å². The molecule has 0 saturated heterocycles. The molecule has 0 radical (unpaired) electrons. The van der Waals surface area contributed by atoms with Gasteiger partial charge in [-0.3, -0.25) is 0 Å². The average molecular weight is 451 g/mol. The first-order valence-electron chi connectivity index (χ1n) is 9.42. The lowest BCUT2D eigenvalue weighted by molar-refractivity contribution is -0.0815. The minimum absolute atomic E-state index is 0.151. The molecule has 6 heteroatoms. The number of ether oxygens (including phenoxy) is 2. The number of carbonyl (C=O) groups is 2. The Labute approximate surface area is 188 Å². The van der Waals surface area contributed by atoms with Gasteiger partial charge in [0.25, 0.3) is 6.29 Å². The fourth-order valence-corrected chi connectivity index (χ4v) is 3.71. The molecule has 4 aromatic rings. The first-order valence-corrected chi connectivity index (χ1v) is 10.2. The fraction of sp³-hybridized carbons (Fsp3) is 0.0400. The molecule has 0 amide bonds. The van der Waals surface area contributed by atoms with E-state index in [0.29, 0.717) is 21.2 Å². The first kappa shape index (κ1) is 20.9. The Morgan fingerprint density at radius 2 is 1.23 bits per heavy atom. The van der Waals surface area contributed by atoms with E-state index in [4.69, 9.17) is 32.7 Å². The Morgan fingerprint density at radius 1 is 0.645 bits per heavy atom. The SMILES string of the molecule is O=C(O[C@H](OC(=O)c1cc(Cl)cc(Cl)c1)c1cccc2ccccc12)c1ccccc1. The number of hydrogen-bond donors (Lipinski definition) is 0. The van der Waals surface area contributed by atoms with Crippen molar-refractivity contribution in [1.82, 2.24) is 0 Å². The van der Waals surface area contributed by atoms with E-state index >= 15 is 0 Å². The highest BCUT2D eigenvalue weighted by Crippen LogP contribution is 2.30. The summed E-state index contributed by atoms with van der Waals surface area (Å²) < 4.78 is 11.3. The van der Waals surface area contributed by atoms with Gasteiger partial charge >= 0.3 is 11.9 Å². The van der Waals surface area contributed by atoms with Crippen LogP contribution < -0.4 is 0 Å². The van der Waals surface area contributed by atoms with Crippen LogP contribution in [-0.4, -0.2) is 11.9 Å². The van der Waals surface area contributed by atoms with Crippen molar-refractivity contribution in [2.24, 2.45) is 0 Å². The lowest BCUT2D eigenvalue weighted by atomic mass is 10.0. The monoisotopic (exact) mass is 450 g/mol. The topological polar surface area (TPSA) is 52.6 Å². The molecule has 0 saturated carbocycles. The van der Waals surface area contributed by atoms with Gasteiger partial charge in [-0.15, -0.1) is 0 Å². The molecule has 4 rings (SSSR count). The van der Waals surface area contributed by atoms with Crippen LogP contribution >= 0.6 is 23.2 Å². The maximum Gasteiger partial charge on any atom is 0.341 e. The molecule has 0 aromatic heterocycles. The number of halogens is 2. The van der Waals surface area contributed by atoms with Crippen molar-refractivity contribution in [1.29, 1.82) is 0 Å². The predicted molar refractivity (Wildman–Crippen MR) is 120 cm³/mol. The molecule has 0 heterocycles. The molecule has 0 bridgehead atoms. The molecule has 154 valence electrons. The highest BCUT2D eigenvalue weighted by molar-refractivity contribution is 6.35. The van der Waals surface area contributed by atoms with Gasteiger partial charge in [0.2, 0.25) is 0 Å². The number of fused-ring (bicyclic) bond motifs is 1. The average Bonchev–Trinajstić information content (AvgIpc) is 2.78. The van der Waals surface area contributed by atoms with Gasteiger partial charge in [-0.2, -0.15) is 0 Å². The summed E-state index contributed by atoms with van der Waals surface area (Å²) in [5, 5.41) is 2.31. The van der Waals surface area contributed by atoms with Crippen LogP contribution in [0.25, 0.3) is 10.8 Å². The number of benzene rings is 4. The third kappa shape index (κ3) is 4.88. The van der Waals surface area contributed by atoms with Crippen molar-refractivity contribution < 1.29 is 19.1 Å². The van der Waals surface area contributed by atoms with E-state index in [-0.39, 0.29) is 5.56 Å². The second-order valence-electron chi connectivity index (χ2n) is 6.74. The van der Waals surface area contributed by atoms with E-state index in [1.807, 2.05) is 36.4 Å². The van der Waals surface area contributed by atoms with Crippen molar-refractivity contribution in [3.8, 4) is 0 Å². The molecule has 31 heavy (non-hydrogen) atoms. The van der Waals surface area contributed by atoms with Crippen molar-refractivity contribution in [2.75, 3.05) is 0 Å². The minimum atomic E-state index is -1.27. The highest BCUT2D eigenvalue weighted by atomic mass is 35.5. The number of esters is 2. The van der Waals surface area contributed by atoms with E-state index < -0.39 is 18.2 Å². The third-order valence-electron chi connectivity index (χ3n) is 4.61. The van der Waals surface area contributed by atoms with Crippen LogP contribution in [0, 0.1) is 0 Å². The summed E-state index contributed by atoms with van der Waals surface area (Å²) in [6.07, 6.45) is -1.27. The van der Waals surface area contributed by atoms with Crippen LogP contribution in [0.2, 0.25) is 10.0 Å². The van der Waals surface area contributed by atoms with E-state index in [1.165, 1.54) is 18.2 Å². The molecule has 0 N–H and O–H groups in total. The third-order valence-corrected chi connectivity index (χ3v) is 5.05. The van der Waals surface area contributed by atoms with Crippen molar-refractivity contribution in [3.63, 3.8) is 0 Å². The normalized spacial score (nSPS) is 11.7. The molecule has 0 aliphatic heterocycles. The predicted octanol–water partition coefficient (Wildman–Crippen LogP) is 6.86. The molecule has 0 unspecified atom stereocenters. The molecule has 4 nitrogen and oxygen atoms in total. The van der Waals surface area contributed by atoms with Crippen molar-refractivity contribution >= 4 is 45.9 Å². The summed E-state index contributed by atoms with van der Waals surface area (Å²) in [5.41, 5.74) is 1.04. The molecule has 0 aliphatic rings. The summed E-state index contributed by atoms with van der Waals surface area (Å²) in [5.74, 6) is -1.33. The van der Waals surface area contributed by atoms with E-state index in [1.54, 1.807) is 36.4 Å². The second-order valence-corrected chi connectivity index (χ2v) is 7.61. The maximum absolute atomic E-state index is 12.9. The summed E-state index contributed by atoms with van der Waals surface area (Å²) in [7, 11) is 0. The maximum atomic E-state index is 12.9. The first-order chi connectivity index (χ1) is 15.0. The van der Waals surface area contributed by atoms with Crippen LogP contribution in [0.4, 0.5) is 0 Å². The summed E-state index contributed by atoms with van der Waals surface area (Å²) in [6.45, 7) is 0. The van der Waals surface area contributed by atoms with E-state index in [0.717, 1.165) is 10.8 Å². The Balaban J connectivity index is 1.71. The van der Waals surface area contributed by atoms with Gasteiger partial charge in [-0.1, -0.05) is 83.9 Å². The lowest BCUT2D eigenvalue weighted by Gasteiger charge is -2.20. The molecular formula is C25H16Cl2O4. The Hall–Kier alpha value is -3.34. The molecule has 1 atom stereocenters.